The third-order valence-electron chi connectivity index (χ3n) is 5.16. The maximum absolute atomic E-state index is 14.2. The molecule has 1 heterocycles. The molecular weight excluding hydrogens is 367 g/mol. The molecule has 7 heteroatoms. The molecule has 4 rings (SSSR count). The summed E-state index contributed by atoms with van der Waals surface area (Å²) in [5.41, 5.74) is 1.17. The van der Waals surface area contributed by atoms with Crippen molar-refractivity contribution in [3.05, 3.63) is 65.5 Å². The number of rotatable bonds is 6. The number of carbonyl (C=O) groups is 1. The van der Waals surface area contributed by atoms with E-state index in [9.17, 15) is 17.6 Å². The van der Waals surface area contributed by atoms with Crippen molar-refractivity contribution in [2.45, 2.75) is 30.2 Å². The standard InChI is InChI=1S/C20H21FN2O3S/c21-17-10-9-16(13-18(17)27(25,26)23-11-4-12-23)20(24)22-19(15-7-8-15)14-5-2-1-3-6-14/h1-3,5-6,9-10,13,15,19H,4,7-8,11-12H2,(H,22,24). The summed E-state index contributed by atoms with van der Waals surface area (Å²) in [6, 6.07) is 13.1. The van der Waals surface area contributed by atoms with E-state index in [1.54, 1.807) is 0 Å². The molecular formula is C20H21FN2O3S. The first kappa shape index (κ1) is 18.1. The van der Waals surface area contributed by atoms with Crippen LogP contribution in [0.2, 0.25) is 0 Å². The lowest BCUT2D eigenvalue weighted by atomic mass is 10.0. The van der Waals surface area contributed by atoms with Crippen molar-refractivity contribution >= 4 is 15.9 Å². The van der Waals surface area contributed by atoms with Gasteiger partial charge < -0.3 is 5.32 Å². The van der Waals surface area contributed by atoms with Gasteiger partial charge in [0.15, 0.2) is 0 Å². The Morgan fingerprint density at radius 3 is 2.41 bits per heavy atom. The van der Waals surface area contributed by atoms with Crippen molar-refractivity contribution in [2.24, 2.45) is 5.92 Å². The van der Waals surface area contributed by atoms with E-state index in [0.717, 1.165) is 37.0 Å². The molecule has 2 aromatic rings. The number of amides is 1. The molecule has 1 N–H and O–H groups in total. The summed E-state index contributed by atoms with van der Waals surface area (Å²) >= 11 is 0. The van der Waals surface area contributed by atoms with E-state index >= 15 is 0 Å². The van der Waals surface area contributed by atoms with Crippen LogP contribution in [0.3, 0.4) is 0 Å². The fourth-order valence-corrected chi connectivity index (χ4v) is 4.90. The Kier molecular flexibility index (Phi) is 4.74. The van der Waals surface area contributed by atoms with E-state index in [0.29, 0.717) is 19.0 Å². The molecule has 1 aliphatic heterocycles. The summed E-state index contributed by atoms with van der Waals surface area (Å²) in [5.74, 6) is -0.850. The highest BCUT2D eigenvalue weighted by Crippen LogP contribution is 2.41. The molecule has 0 bridgehead atoms. The van der Waals surface area contributed by atoms with Crippen molar-refractivity contribution in [1.82, 2.24) is 9.62 Å². The average Bonchev–Trinajstić information content (AvgIpc) is 3.43. The molecule has 1 saturated heterocycles. The predicted octanol–water partition coefficient (Wildman–Crippen LogP) is 3.10. The normalized spacial score (nSPS) is 18.6. The van der Waals surface area contributed by atoms with Gasteiger partial charge in [-0.25, -0.2) is 12.8 Å². The zero-order valence-corrected chi connectivity index (χ0v) is 15.6. The maximum atomic E-state index is 14.2. The molecule has 1 unspecified atom stereocenters. The number of nitrogens with zero attached hydrogens (tertiary/aromatic N) is 1. The first-order chi connectivity index (χ1) is 13.0. The third kappa shape index (κ3) is 3.61. The number of carbonyl (C=O) groups excluding carboxylic acids is 1. The number of benzene rings is 2. The minimum absolute atomic E-state index is 0.126. The van der Waals surface area contributed by atoms with Crippen LogP contribution in [-0.2, 0) is 10.0 Å². The molecule has 2 aliphatic rings. The van der Waals surface area contributed by atoms with Gasteiger partial charge in [0.25, 0.3) is 5.91 Å². The fourth-order valence-electron chi connectivity index (χ4n) is 3.30. The van der Waals surface area contributed by atoms with Crippen LogP contribution in [-0.4, -0.2) is 31.7 Å². The highest BCUT2D eigenvalue weighted by atomic mass is 32.2. The second-order valence-corrected chi connectivity index (χ2v) is 9.01. The minimum Gasteiger partial charge on any atom is -0.345 e. The number of sulfonamides is 1. The largest absolute Gasteiger partial charge is 0.345 e. The van der Waals surface area contributed by atoms with Gasteiger partial charge in [0.1, 0.15) is 10.7 Å². The van der Waals surface area contributed by atoms with E-state index in [4.69, 9.17) is 0 Å². The molecule has 1 atom stereocenters. The number of hydrogen-bond donors (Lipinski definition) is 1. The first-order valence-electron chi connectivity index (χ1n) is 9.12. The zero-order valence-electron chi connectivity index (χ0n) is 14.8. The van der Waals surface area contributed by atoms with E-state index in [2.05, 4.69) is 5.32 Å². The van der Waals surface area contributed by atoms with Crippen molar-refractivity contribution in [1.29, 1.82) is 0 Å². The quantitative estimate of drug-likeness (QED) is 0.827. The summed E-state index contributed by atoms with van der Waals surface area (Å²) in [6.45, 7) is 0.770. The molecule has 0 aromatic heterocycles. The summed E-state index contributed by atoms with van der Waals surface area (Å²) in [5, 5.41) is 3.00. The molecule has 0 spiro atoms. The Labute approximate surface area is 158 Å². The summed E-state index contributed by atoms with van der Waals surface area (Å²) in [6.07, 6.45) is 2.84. The smallest absolute Gasteiger partial charge is 0.251 e. The highest BCUT2D eigenvalue weighted by Gasteiger charge is 2.35. The van der Waals surface area contributed by atoms with Gasteiger partial charge in [-0.3, -0.25) is 4.79 Å². The Hall–Kier alpha value is -2.25. The summed E-state index contributed by atoms with van der Waals surface area (Å²) in [4.78, 5) is 12.3. The van der Waals surface area contributed by atoms with Gasteiger partial charge in [0, 0.05) is 18.7 Å². The minimum atomic E-state index is -3.90. The van der Waals surface area contributed by atoms with Crippen molar-refractivity contribution in [3.63, 3.8) is 0 Å². The zero-order chi connectivity index (χ0) is 19.0. The monoisotopic (exact) mass is 388 g/mol. The van der Waals surface area contributed by atoms with Crippen LogP contribution in [0, 0.1) is 11.7 Å². The Balaban J connectivity index is 1.59. The average molecular weight is 388 g/mol. The fraction of sp³-hybridized carbons (Fsp3) is 0.350. The lowest BCUT2D eigenvalue weighted by Crippen LogP contribution is -2.42. The van der Waals surface area contributed by atoms with Gasteiger partial charge in [0.05, 0.1) is 6.04 Å². The van der Waals surface area contributed by atoms with Gasteiger partial charge in [-0.05, 0) is 48.9 Å². The lowest BCUT2D eigenvalue weighted by molar-refractivity contribution is 0.0931. The van der Waals surface area contributed by atoms with Gasteiger partial charge in [-0.2, -0.15) is 4.31 Å². The van der Waals surface area contributed by atoms with E-state index in [-0.39, 0.29) is 11.6 Å². The lowest BCUT2D eigenvalue weighted by Gasteiger charge is -2.29. The number of nitrogens with one attached hydrogen (secondary N) is 1. The van der Waals surface area contributed by atoms with Crippen molar-refractivity contribution < 1.29 is 17.6 Å². The van der Waals surface area contributed by atoms with Crippen LogP contribution in [0.1, 0.15) is 41.2 Å². The SMILES string of the molecule is O=C(NC(c1ccccc1)C1CC1)c1ccc(F)c(S(=O)(=O)N2CCC2)c1. The molecule has 27 heavy (non-hydrogen) atoms. The van der Waals surface area contributed by atoms with Gasteiger partial charge in [-0.15, -0.1) is 0 Å². The van der Waals surface area contributed by atoms with Crippen LogP contribution < -0.4 is 5.32 Å². The molecule has 0 radical (unpaired) electrons. The number of halogens is 1. The van der Waals surface area contributed by atoms with Crippen LogP contribution in [0.4, 0.5) is 4.39 Å². The second kappa shape index (κ2) is 7.05. The second-order valence-electron chi connectivity index (χ2n) is 7.10. The van der Waals surface area contributed by atoms with Crippen molar-refractivity contribution in [3.8, 4) is 0 Å². The predicted molar refractivity (Wildman–Crippen MR) is 99.1 cm³/mol. The van der Waals surface area contributed by atoms with Gasteiger partial charge in [0.2, 0.25) is 10.0 Å². The van der Waals surface area contributed by atoms with Crippen LogP contribution >= 0.6 is 0 Å². The number of hydrogen-bond acceptors (Lipinski definition) is 3. The molecule has 1 amide bonds. The van der Waals surface area contributed by atoms with Crippen LogP contribution in [0.25, 0.3) is 0 Å². The maximum Gasteiger partial charge on any atom is 0.251 e. The third-order valence-corrected chi connectivity index (χ3v) is 7.08. The molecule has 1 saturated carbocycles. The Morgan fingerprint density at radius 1 is 1.11 bits per heavy atom. The van der Waals surface area contributed by atoms with E-state index in [1.165, 1.54) is 10.4 Å². The molecule has 142 valence electrons. The highest BCUT2D eigenvalue weighted by molar-refractivity contribution is 7.89. The van der Waals surface area contributed by atoms with E-state index in [1.807, 2.05) is 30.3 Å². The van der Waals surface area contributed by atoms with Crippen LogP contribution in [0.15, 0.2) is 53.4 Å². The van der Waals surface area contributed by atoms with Gasteiger partial charge in [-0.1, -0.05) is 30.3 Å². The molecule has 2 aromatic carbocycles. The Morgan fingerprint density at radius 2 is 1.81 bits per heavy atom. The molecule has 1 aliphatic carbocycles. The molecule has 2 fully saturated rings. The topological polar surface area (TPSA) is 66.5 Å². The summed E-state index contributed by atoms with van der Waals surface area (Å²) < 4.78 is 40.5. The van der Waals surface area contributed by atoms with Crippen LogP contribution in [0.5, 0.6) is 0 Å². The molecule has 5 nitrogen and oxygen atoms in total. The first-order valence-corrected chi connectivity index (χ1v) is 10.6. The Bertz CT molecular complexity index is 954. The summed E-state index contributed by atoms with van der Waals surface area (Å²) in [7, 11) is -3.90. The van der Waals surface area contributed by atoms with E-state index < -0.39 is 26.6 Å². The van der Waals surface area contributed by atoms with Gasteiger partial charge >= 0.3 is 0 Å². The van der Waals surface area contributed by atoms with Crippen molar-refractivity contribution in [2.75, 3.05) is 13.1 Å².